The molecule has 0 aliphatic carbocycles. The van der Waals surface area contributed by atoms with E-state index in [0.29, 0.717) is 5.69 Å². The van der Waals surface area contributed by atoms with Gasteiger partial charge in [0.05, 0.1) is 16.4 Å². The van der Waals surface area contributed by atoms with E-state index in [9.17, 15) is 0 Å². The molecule has 4 nitrogen and oxygen atoms in total. The Kier molecular flexibility index (Phi) is 5.71. The number of anilines is 2. The van der Waals surface area contributed by atoms with Gasteiger partial charge in [-0.1, -0.05) is 0 Å². The van der Waals surface area contributed by atoms with E-state index in [2.05, 4.69) is 51.7 Å². The van der Waals surface area contributed by atoms with Crippen LogP contribution in [0.2, 0.25) is 0 Å². The minimum atomic E-state index is 0.685. The van der Waals surface area contributed by atoms with Crippen LogP contribution in [0, 0.1) is 0 Å². The Balaban J connectivity index is 2.66. The SMILES string of the molecule is CCN(CCCN(C)C)c1ncc(N)cc1Br. The fourth-order valence-corrected chi connectivity index (χ4v) is 2.29. The molecule has 0 aliphatic heterocycles. The molecule has 0 aliphatic rings. The van der Waals surface area contributed by atoms with Gasteiger partial charge in [0.1, 0.15) is 5.82 Å². The zero-order chi connectivity index (χ0) is 12.8. The first-order valence-corrected chi connectivity index (χ1v) is 6.64. The van der Waals surface area contributed by atoms with Crippen molar-refractivity contribution in [3.05, 3.63) is 16.7 Å². The summed E-state index contributed by atoms with van der Waals surface area (Å²) >= 11 is 3.51. The van der Waals surface area contributed by atoms with E-state index < -0.39 is 0 Å². The van der Waals surface area contributed by atoms with Gasteiger partial charge in [-0.25, -0.2) is 4.98 Å². The van der Waals surface area contributed by atoms with E-state index >= 15 is 0 Å². The minimum Gasteiger partial charge on any atom is -0.397 e. The predicted octanol–water partition coefficient (Wildman–Crippen LogP) is 2.20. The molecule has 0 spiro atoms. The van der Waals surface area contributed by atoms with E-state index in [0.717, 1.165) is 36.3 Å². The first-order valence-electron chi connectivity index (χ1n) is 5.85. The average Bonchev–Trinajstić information content (AvgIpc) is 2.25. The van der Waals surface area contributed by atoms with Crippen LogP contribution in [-0.4, -0.2) is 43.6 Å². The molecule has 5 heteroatoms. The zero-order valence-electron chi connectivity index (χ0n) is 10.8. The maximum Gasteiger partial charge on any atom is 0.143 e. The molecule has 0 saturated heterocycles. The minimum absolute atomic E-state index is 0.685. The summed E-state index contributed by atoms with van der Waals surface area (Å²) in [6, 6.07) is 1.90. The number of nitrogens with two attached hydrogens (primary N) is 1. The third-order valence-corrected chi connectivity index (χ3v) is 3.14. The molecule has 0 bridgehead atoms. The second-order valence-corrected chi connectivity index (χ2v) is 5.16. The van der Waals surface area contributed by atoms with Crippen molar-refractivity contribution in [1.29, 1.82) is 0 Å². The van der Waals surface area contributed by atoms with Crippen molar-refractivity contribution in [2.75, 3.05) is 44.4 Å². The molecule has 0 fully saturated rings. The van der Waals surface area contributed by atoms with Crippen LogP contribution >= 0.6 is 15.9 Å². The van der Waals surface area contributed by atoms with Gasteiger partial charge in [-0.15, -0.1) is 0 Å². The van der Waals surface area contributed by atoms with E-state index in [-0.39, 0.29) is 0 Å². The van der Waals surface area contributed by atoms with Crippen LogP contribution in [0.1, 0.15) is 13.3 Å². The monoisotopic (exact) mass is 300 g/mol. The highest BCUT2D eigenvalue weighted by Gasteiger charge is 2.10. The summed E-state index contributed by atoms with van der Waals surface area (Å²) in [7, 11) is 4.18. The molecule has 1 heterocycles. The molecule has 1 aromatic heterocycles. The van der Waals surface area contributed by atoms with E-state index in [1.165, 1.54) is 0 Å². The molecule has 1 rings (SSSR count). The van der Waals surface area contributed by atoms with Crippen molar-refractivity contribution >= 4 is 27.4 Å². The molecule has 2 N–H and O–H groups in total. The molecule has 17 heavy (non-hydrogen) atoms. The van der Waals surface area contributed by atoms with Crippen molar-refractivity contribution in [2.45, 2.75) is 13.3 Å². The van der Waals surface area contributed by atoms with Crippen LogP contribution in [0.3, 0.4) is 0 Å². The summed E-state index contributed by atoms with van der Waals surface area (Å²) < 4.78 is 0.962. The first-order chi connectivity index (χ1) is 8.04. The quantitative estimate of drug-likeness (QED) is 0.875. The maximum atomic E-state index is 5.69. The third kappa shape index (κ3) is 4.52. The van der Waals surface area contributed by atoms with Gasteiger partial charge in [0.25, 0.3) is 0 Å². The molecule has 0 amide bonds. The molecular formula is C12H21BrN4. The Hall–Kier alpha value is -0.810. The maximum absolute atomic E-state index is 5.69. The van der Waals surface area contributed by atoms with Gasteiger partial charge < -0.3 is 15.5 Å². The van der Waals surface area contributed by atoms with Crippen LogP contribution in [0.4, 0.5) is 11.5 Å². The number of halogens is 1. The van der Waals surface area contributed by atoms with E-state index in [1.54, 1.807) is 6.20 Å². The van der Waals surface area contributed by atoms with Crippen molar-refractivity contribution in [3.8, 4) is 0 Å². The highest BCUT2D eigenvalue weighted by Crippen LogP contribution is 2.25. The molecule has 0 radical (unpaired) electrons. The molecule has 0 aromatic carbocycles. The van der Waals surface area contributed by atoms with Gasteiger partial charge in [-0.05, 0) is 56.0 Å². The number of nitrogens with zero attached hydrogens (tertiary/aromatic N) is 3. The van der Waals surface area contributed by atoms with Crippen LogP contribution in [0.25, 0.3) is 0 Å². The fourth-order valence-electron chi connectivity index (χ4n) is 1.67. The summed E-state index contributed by atoms with van der Waals surface area (Å²) in [6.45, 7) is 5.18. The van der Waals surface area contributed by atoms with Crippen LogP contribution < -0.4 is 10.6 Å². The highest BCUT2D eigenvalue weighted by molar-refractivity contribution is 9.10. The van der Waals surface area contributed by atoms with Crippen molar-refractivity contribution < 1.29 is 0 Å². The Morgan fingerprint density at radius 2 is 2.06 bits per heavy atom. The standard InChI is InChI=1S/C12H21BrN4/c1-4-17(7-5-6-16(2)3)12-11(13)8-10(14)9-15-12/h8-9H,4-7,14H2,1-3H3. The number of nitrogen functional groups attached to an aromatic ring is 1. The Bertz CT molecular complexity index is 354. The number of pyridine rings is 1. The van der Waals surface area contributed by atoms with Crippen molar-refractivity contribution in [1.82, 2.24) is 9.88 Å². The Morgan fingerprint density at radius 1 is 1.35 bits per heavy atom. The second-order valence-electron chi connectivity index (χ2n) is 4.31. The summed E-state index contributed by atoms with van der Waals surface area (Å²) in [5.74, 6) is 0.973. The third-order valence-electron chi connectivity index (χ3n) is 2.56. The Morgan fingerprint density at radius 3 is 2.59 bits per heavy atom. The fraction of sp³-hybridized carbons (Fsp3) is 0.583. The van der Waals surface area contributed by atoms with E-state index in [4.69, 9.17) is 5.73 Å². The van der Waals surface area contributed by atoms with E-state index in [1.807, 2.05) is 6.07 Å². The summed E-state index contributed by atoms with van der Waals surface area (Å²) in [6.07, 6.45) is 2.83. The number of aromatic nitrogens is 1. The predicted molar refractivity (Wildman–Crippen MR) is 77.4 cm³/mol. The lowest BCUT2D eigenvalue weighted by Gasteiger charge is -2.24. The molecule has 0 atom stereocenters. The number of hydrogen-bond acceptors (Lipinski definition) is 4. The topological polar surface area (TPSA) is 45.4 Å². The van der Waals surface area contributed by atoms with Crippen molar-refractivity contribution in [2.24, 2.45) is 0 Å². The smallest absolute Gasteiger partial charge is 0.143 e. The number of hydrogen-bond donors (Lipinski definition) is 1. The highest BCUT2D eigenvalue weighted by atomic mass is 79.9. The van der Waals surface area contributed by atoms with Gasteiger partial charge in [-0.3, -0.25) is 0 Å². The second kappa shape index (κ2) is 6.81. The van der Waals surface area contributed by atoms with Crippen LogP contribution in [0.5, 0.6) is 0 Å². The van der Waals surface area contributed by atoms with Crippen LogP contribution in [-0.2, 0) is 0 Å². The van der Waals surface area contributed by atoms with Gasteiger partial charge in [0, 0.05) is 13.1 Å². The lowest BCUT2D eigenvalue weighted by molar-refractivity contribution is 0.400. The zero-order valence-corrected chi connectivity index (χ0v) is 12.4. The van der Waals surface area contributed by atoms with Crippen LogP contribution in [0.15, 0.2) is 16.7 Å². The van der Waals surface area contributed by atoms with Gasteiger partial charge in [0.2, 0.25) is 0 Å². The van der Waals surface area contributed by atoms with Gasteiger partial charge in [-0.2, -0.15) is 0 Å². The van der Waals surface area contributed by atoms with Gasteiger partial charge in [0.15, 0.2) is 0 Å². The van der Waals surface area contributed by atoms with Crippen molar-refractivity contribution in [3.63, 3.8) is 0 Å². The molecule has 1 aromatic rings. The molecular weight excluding hydrogens is 280 g/mol. The Labute approximate surface area is 112 Å². The first kappa shape index (κ1) is 14.3. The lowest BCUT2D eigenvalue weighted by Crippen LogP contribution is -2.28. The summed E-state index contributed by atoms with van der Waals surface area (Å²) in [5, 5.41) is 0. The summed E-state index contributed by atoms with van der Waals surface area (Å²) in [4.78, 5) is 8.84. The average molecular weight is 301 g/mol. The summed E-state index contributed by atoms with van der Waals surface area (Å²) in [5.41, 5.74) is 6.38. The number of rotatable bonds is 6. The molecule has 96 valence electrons. The largest absolute Gasteiger partial charge is 0.397 e. The lowest BCUT2D eigenvalue weighted by atomic mass is 10.3. The normalized spacial score (nSPS) is 10.9. The van der Waals surface area contributed by atoms with Gasteiger partial charge >= 0.3 is 0 Å². The molecule has 0 saturated carbocycles. The molecule has 0 unspecified atom stereocenters.